The average Bonchev–Trinajstić information content (AvgIpc) is 3.67. The molecule has 0 saturated carbocycles. The summed E-state index contributed by atoms with van der Waals surface area (Å²) in [5.41, 5.74) is 13.8. The van der Waals surface area contributed by atoms with Crippen LogP contribution in [0.4, 0.5) is 5.69 Å². The van der Waals surface area contributed by atoms with Gasteiger partial charge in [0, 0.05) is 21.5 Å². The molecule has 8 rings (SSSR count). The second-order valence-electron chi connectivity index (χ2n) is 20.3. The molecule has 2 heterocycles. The fourth-order valence-corrected chi connectivity index (χ4v) is 8.43. The van der Waals surface area contributed by atoms with E-state index in [1.54, 1.807) is 0 Å². The summed E-state index contributed by atoms with van der Waals surface area (Å²) in [6.07, 6.45) is 0. The van der Waals surface area contributed by atoms with Gasteiger partial charge in [0.15, 0.2) is 0 Å². The minimum atomic E-state index is -0.0407. The van der Waals surface area contributed by atoms with Crippen LogP contribution in [-0.4, -0.2) is 9.13 Å². The molecular formula is C54H54N4. The molecule has 2 aromatic heterocycles. The molecule has 0 aliphatic carbocycles. The van der Waals surface area contributed by atoms with Crippen LogP contribution in [0.3, 0.4) is 0 Å². The van der Waals surface area contributed by atoms with E-state index in [0.29, 0.717) is 11.3 Å². The van der Waals surface area contributed by atoms with Crippen LogP contribution in [0.15, 0.2) is 109 Å². The lowest BCUT2D eigenvalue weighted by Gasteiger charge is -2.21. The van der Waals surface area contributed by atoms with Gasteiger partial charge in [0.1, 0.15) is 0 Å². The van der Waals surface area contributed by atoms with Crippen molar-refractivity contribution < 1.29 is 0 Å². The summed E-state index contributed by atoms with van der Waals surface area (Å²) in [5, 5.41) is 14.7. The lowest BCUT2D eigenvalue weighted by Crippen LogP contribution is -2.10. The van der Waals surface area contributed by atoms with Gasteiger partial charge >= 0.3 is 0 Å². The first-order valence-electron chi connectivity index (χ1n) is 20.4. The topological polar surface area (TPSA) is 38.0 Å². The summed E-state index contributed by atoms with van der Waals surface area (Å²) < 4.78 is 4.61. The lowest BCUT2D eigenvalue weighted by molar-refractivity contribution is 0.590. The largest absolute Gasteiger partial charge is 0.319 e. The van der Waals surface area contributed by atoms with E-state index in [9.17, 15) is 5.26 Å². The van der Waals surface area contributed by atoms with Gasteiger partial charge in [-0.25, -0.2) is 4.85 Å². The number of aromatic nitrogens is 2. The zero-order valence-electron chi connectivity index (χ0n) is 36.2. The highest BCUT2D eigenvalue weighted by Gasteiger charge is 2.27. The van der Waals surface area contributed by atoms with Crippen molar-refractivity contribution in [1.82, 2.24) is 9.13 Å². The minimum absolute atomic E-state index is 0.0407. The number of nitriles is 1. The SMILES string of the molecule is [C-]#[N+]c1c(-n2c3ccc(C(C)(C)C)cc3c3cc(C(C)(C)C)ccc32)cc(-c2cccc(C#N)c2)cc1-n1c2ccc(C(C)(C)C)cc2c2cc(C(C)(C)C)ccc21. The molecule has 0 bridgehead atoms. The molecule has 0 saturated heterocycles. The second kappa shape index (κ2) is 13.2. The third-order valence-corrected chi connectivity index (χ3v) is 12.0. The van der Waals surface area contributed by atoms with Gasteiger partial charge in [0.2, 0.25) is 5.69 Å². The fourth-order valence-electron chi connectivity index (χ4n) is 8.43. The van der Waals surface area contributed by atoms with E-state index in [4.69, 9.17) is 6.57 Å². The van der Waals surface area contributed by atoms with E-state index in [0.717, 1.165) is 44.6 Å². The number of benzene rings is 6. The molecular weight excluding hydrogens is 705 g/mol. The Morgan fingerprint density at radius 1 is 0.448 bits per heavy atom. The van der Waals surface area contributed by atoms with Crippen molar-refractivity contribution in [3.05, 3.63) is 148 Å². The number of rotatable bonds is 3. The van der Waals surface area contributed by atoms with Crippen LogP contribution in [0.2, 0.25) is 0 Å². The highest BCUT2D eigenvalue weighted by Crippen LogP contribution is 2.46. The van der Waals surface area contributed by atoms with E-state index in [1.807, 2.05) is 18.2 Å². The Bertz CT molecular complexity index is 2740. The van der Waals surface area contributed by atoms with Gasteiger partial charge in [-0.15, -0.1) is 0 Å². The molecule has 58 heavy (non-hydrogen) atoms. The number of nitrogens with zero attached hydrogens (tertiary/aromatic N) is 4. The highest BCUT2D eigenvalue weighted by molar-refractivity contribution is 6.12. The van der Waals surface area contributed by atoms with Crippen LogP contribution in [-0.2, 0) is 21.7 Å². The molecule has 0 N–H and O–H groups in total. The molecule has 0 spiro atoms. The average molecular weight is 759 g/mol. The van der Waals surface area contributed by atoms with Crippen molar-refractivity contribution in [2.24, 2.45) is 0 Å². The quantitative estimate of drug-likeness (QED) is 0.165. The smallest absolute Gasteiger partial charge is 0.233 e. The summed E-state index contributed by atoms with van der Waals surface area (Å²) in [7, 11) is 0. The molecule has 0 aliphatic rings. The Kier molecular flexibility index (Phi) is 8.84. The maximum Gasteiger partial charge on any atom is 0.233 e. The van der Waals surface area contributed by atoms with Gasteiger partial charge in [-0.05, 0) is 128 Å². The molecule has 4 nitrogen and oxygen atoms in total. The molecule has 0 atom stereocenters. The first kappa shape index (κ1) is 38.8. The number of hydrogen-bond acceptors (Lipinski definition) is 1. The predicted octanol–water partition coefficient (Wildman–Crippen LogP) is 15.2. The second-order valence-corrected chi connectivity index (χ2v) is 20.3. The van der Waals surface area contributed by atoms with Crippen LogP contribution >= 0.6 is 0 Å². The van der Waals surface area contributed by atoms with E-state index in [2.05, 4.69) is 194 Å². The Balaban J connectivity index is 1.55. The van der Waals surface area contributed by atoms with Crippen LogP contribution in [0.1, 0.15) is 111 Å². The van der Waals surface area contributed by atoms with Crippen molar-refractivity contribution in [2.45, 2.75) is 105 Å². The third kappa shape index (κ3) is 6.46. The van der Waals surface area contributed by atoms with Gasteiger partial charge in [0.05, 0.1) is 51.6 Å². The molecule has 0 radical (unpaired) electrons. The van der Waals surface area contributed by atoms with Gasteiger partial charge in [-0.3, -0.25) is 0 Å². The predicted molar refractivity (Wildman–Crippen MR) is 246 cm³/mol. The molecule has 0 aliphatic heterocycles. The van der Waals surface area contributed by atoms with Gasteiger partial charge < -0.3 is 9.13 Å². The van der Waals surface area contributed by atoms with Gasteiger partial charge in [-0.2, -0.15) is 5.26 Å². The molecule has 290 valence electrons. The van der Waals surface area contributed by atoms with Crippen molar-refractivity contribution >= 4 is 49.3 Å². The van der Waals surface area contributed by atoms with Crippen molar-refractivity contribution in [3.8, 4) is 28.6 Å². The van der Waals surface area contributed by atoms with Gasteiger partial charge in [-0.1, -0.05) is 119 Å². The maximum absolute atomic E-state index is 9.99. The van der Waals surface area contributed by atoms with E-state index < -0.39 is 0 Å². The minimum Gasteiger partial charge on any atom is -0.319 e. The summed E-state index contributed by atoms with van der Waals surface area (Å²) in [5.74, 6) is 0. The van der Waals surface area contributed by atoms with Gasteiger partial charge in [0.25, 0.3) is 0 Å². The fraction of sp³-hybridized carbons (Fsp3) is 0.296. The van der Waals surface area contributed by atoms with Crippen LogP contribution in [0.25, 0.3) is 71.0 Å². The maximum atomic E-state index is 9.99. The van der Waals surface area contributed by atoms with Crippen LogP contribution in [0, 0.1) is 17.9 Å². The van der Waals surface area contributed by atoms with Crippen molar-refractivity contribution in [3.63, 3.8) is 0 Å². The highest BCUT2D eigenvalue weighted by atomic mass is 15.0. The monoisotopic (exact) mass is 758 g/mol. The Morgan fingerprint density at radius 3 is 1.09 bits per heavy atom. The third-order valence-electron chi connectivity index (χ3n) is 12.0. The molecule has 8 aromatic rings. The molecule has 4 heteroatoms. The number of hydrogen-bond donors (Lipinski definition) is 0. The molecule has 0 amide bonds. The number of fused-ring (bicyclic) bond motifs is 6. The lowest BCUT2D eigenvalue weighted by atomic mass is 9.85. The van der Waals surface area contributed by atoms with E-state index in [-0.39, 0.29) is 21.7 Å². The Hall–Kier alpha value is -6.10. The standard InChI is InChI=1S/C54H54N4/c1-51(2,3)36-17-21-44-40(28-36)41-29-37(52(4,5)6)18-22-45(41)57(44)48-26-35(34-16-14-15-33(25-34)32-55)27-49(50(48)56-13)58-46-23-19-38(53(7,8)9)30-42(46)43-31-39(54(10,11)12)20-24-47(43)58/h14-31H,1-12H3. The van der Waals surface area contributed by atoms with E-state index in [1.165, 1.54) is 43.8 Å². The van der Waals surface area contributed by atoms with Crippen molar-refractivity contribution in [2.75, 3.05) is 0 Å². The Labute approximate surface area is 344 Å². The van der Waals surface area contributed by atoms with Crippen LogP contribution < -0.4 is 0 Å². The van der Waals surface area contributed by atoms with E-state index >= 15 is 0 Å². The normalized spacial score (nSPS) is 12.8. The first-order chi connectivity index (χ1) is 27.2. The summed E-state index contributed by atoms with van der Waals surface area (Å²) in [4.78, 5) is 4.46. The summed E-state index contributed by atoms with van der Waals surface area (Å²) in [6.45, 7) is 36.1. The summed E-state index contributed by atoms with van der Waals surface area (Å²) in [6, 6.07) is 41.8. The molecule has 0 fully saturated rings. The van der Waals surface area contributed by atoms with Crippen LogP contribution in [0.5, 0.6) is 0 Å². The first-order valence-corrected chi connectivity index (χ1v) is 20.4. The Morgan fingerprint density at radius 2 is 0.793 bits per heavy atom. The zero-order chi connectivity index (χ0) is 41.7. The molecule has 6 aromatic carbocycles. The zero-order valence-corrected chi connectivity index (χ0v) is 36.2. The van der Waals surface area contributed by atoms with Crippen molar-refractivity contribution in [1.29, 1.82) is 5.26 Å². The molecule has 0 unspecified atom stereocenters. The summed E-state index contributed by atoms with van der Waals surface area (Å²) >= 11 is 0.